The van der Waals surface area contributed by atoms with Crippen LogP contribution in [0.25, 0.3) is 21.8 Å². The third-order valence-corrected chi connectivity index (χ3v) is 7.50. The number of benzene rings is 3. The van der Waals surface area contributed by atoms with Crippen molar-refractivity contribution in [1.82, 2.24) is 19.9 Å². The van der Waals surface area contributed by atoms with Crippen molar-refractivity contribution in [1.29, 1.82) is 0 Å². The molecule has 3 aromatic carbocycles. The summed E-state index contributed by atoms with van der Waals surface area (Å²) in [6, 6.07) is 19.3. The van der Waals surface area contributed by atoms with E-state index < -0.39 is 0 Å². The average Bonchev–Trinajstić information content (AvgIpc) is 3.03. The topological polar surface area (TPSA) is 109 Å². The van der Waals surface area contributed by atoms with E-state index in [1.54, 1.807) is 14.2 Å². The molecule has 216 valence electrons. The number of ether oxygens (including phenoxy) is 2. The molecule has 5 aromatic rings. The van der Waals surface area contributed by atoms with Gasteiger partial charge < -0.3 is 30.3 Å². The summed E-state index contributed by atoms with van der Waals surface area (Å²) < 4.78 is 10.8. The summed E-state index contributed by atoms with van der Waals surface area (Å²) >= 11 is 6.29. The van der Waals surface area contributed by atoms with Crippen LogP contribution in [0, 0.1) is 0 Å². The average molecular weight is 585 g/mol. The van der Waals surface area contributed by atoms with E-state index in [2.05, 4.69) is 25.8 Å². The zero-order valence-corrected chi connectivity index (χ0v) is 24.4. The molecule has 6 rings (SSSR count). The number of anilines is 5. The molecule has 10 nitrogen and oxygen atoms in total. The maximum atomic E-state index is 6.29. The minimum absolute atomic E-state index is 0.487. The lowest BCUT2D eigenvalue weighted by Gasteiger charge is -2.27. The van der Waals surface area contributed by atoms with Gasteiger partial charge in [-0.05, 0) is 79.9 Å². The van der Waals surface area contributed by atoms with E-state index >= 15 is 0 Å². The molecule has 0 saturated carbocycles. The van der Waals surface area contributed by atoms with Crippen LogP contribution in [-0.4, -0.2) is 60.3 Å². The van der Waals surface area contributed by atoms with Crippen molar-refractivity contribution in [3.63, 3.8) is 0 Å². The Kier molecular flexibility index (Phi) is 8.23. The lowest BCUT2D eigenvalue weighted by molar-refractivity contribution is 0.415. The second-order valence-electron chi connectivity index (χ2n) is 10.1. The fraction of sp³-hybridized carbons (Fsp3) is 0.290. The number of methoxy groups -OCH3 is 2. The number of halogens is 1. The molecule has 0 bridgehead atoms. The number of rotatable bonds is 10. The Morgan fingerprint density at radius 2 is 1.45 bits per heavy atom. The van der Waals surface area contributed by atoms with E-state index in [1.807, 2.05) is 60.7 Å². The third kappa shape index (κ3) is 6.18. The summed E-state index contributed by atoms with van der Waals surface area (Å²) in [6.45, 7) is 3.06. The summed E-state index contributed by atoms with van der Waals surface area (Å²) in [5, 5.41) is 12.9. The molecule has 11 heteroatoms. The van der Waals surface area contributed by atoms with Crippen LogP contribution < -0.4 is 30.3 Å². The first-order valence-corrected chi connectivity index (χ1v) is 14.4. The normalized spacial score (nSPS) is 13.3. The van der Waals surface area contributed by atoms with Crippen LogP contribution in [0.3, 0.4) is 0 Å². The van der Waals surface area contributed by atoms with Gasteiger partial charge in [-0.15, -0.1) is 0 Å². The largest absolute Gasteiger partial charge is 0.497 e. The number of aromatic nitrogens is 4. The monoisotopic (exact) mass is 584 g/mol. The van der Waals surface area contributed by atoms with Crippen LogP contribution in [0.5, 0.6) is 11.5 Å². The molecular formula is C31H33ClN8O2. The molecule has 1 aliphatic rings. The molecule has 0 aliphatic carbocycles. The summed E-state index contributed by atoms with van der Waals surface area (Å²) in [5.41, 5.74) is 3.53. The molecule has 1 fully saturated rings. The molecule has 2 aromatic heterocycles. The molecule has 42 heavy (non-hydrogen) atoms. The summed E-state index contributed by atoms with van der Waals surface area (Å²) in [5.74, 6) is 3.23. The number of pyridine rings is 1. The van der Waals surface area contributed by atoms with Crippen LogP contribution in [0.15, 0.2) is 60.7 Å². The van der Waals surface area contributed by atoms with Gasteiger partial charge in [-0.3, -0.25) is 0 Å². The Morgan fingerprint density at radius 3 is 2.24 bits per heavy atom. The Hall–Kier alpha value is -4.57. The van der Waals surface area contributed by atoms with Crippen molar-refractivity contribution in [2.24, 2.45) is 0 Å². The standard InChI is InChI=1S/C31H33ClN8O2/c1-41-22-9-7-21(8-10-22)35-30-37-29(38-31(39-30)40-16-4-3-5-17-40)34-15-14-33-28-24-12-6-20(32)18-27(24)36-26-13-11-23(42-2)19-25(26)28/h6-13,18-19H,3-5,14-17H2,1-2H3,(H,33,36)(H2,34,35,37,38,39). The van der Waals surface area contributed by atoms with E-state index in [-0.39, 0.29) is 0 Å². The predicted octanol–water partition coefficient (Wildman–Crippen LogP) is 6.50. The summed E-state index contributed by atoms with van der Waals surface area (Å²) in [4.78, 5) is 21.2. The van der Waals surface area contributed by atoms with Crippen molar-refractivity contribution < 1.29 is 9.47 Å². The highest BCUT2D eigenvalue weighted by Crippen LogP contribution is 2.34. The first-order chi connectivity index (χ1) is 20.6. The molecule has 3 N–H and O–H groups in total. The Morgan fingerprint density at radius 1 is 0.714 bits per heavy atom. The van der Waals surface area contributed by atoms with Gasteiger partial charge in [-0.2, -0.15) is 15.0 Å². The summed E-state index contributed by atoms with van der Waals surface area (Å²) in [6.07, 6.45) is 3.48. The molecule has 0 unspecified atom stereocenters. The van der Waals surface area contributed by atoms with Gasteiger partial charge in [0.15, 0.2) is 0 Å². The van der Waals surface area contributed by atoms with Crippen molar-refractivity contribution in [3.8, 4) is 11.5 Å². The van der Waals surface area contributed by atoms with E-state index in [0.717, 1.165) is 70.6 Å². The zero-order chi connectivity index (χ0) is 28.9. The van der Waals surface area contributed by atoms with E-state index in [4.69, 9.17) is 36.0 Å². The van der Waals surface area contributed by atoms with Gasteiger partial charge in [0.25, 0.3) is 0 Å². The van der Waals surface area contributed by atoms with Gasteiger partial charge in [0.05, 0.1) is 30.9 Å². The van der Waals surface area contributed by atoms with Gasteiger partial charge in [0, 0.05) is 47.7 Å². The highest BCUT2D eigenvalue weighted by molar-refractivity contribution is 6.31. The Balaban J connectivity index is 1.22. The first kappa shape index (κ1) is 27.6. The number of fused-ring (bicyclic) bond motifs is 2. The highest BCUT2D eigenvalue weighted by Gasteiger charge is 2.17. The van der Waals surface area contributed by atoms with Crippen molar-refractivity contribution in [2.75, 3.05) is 61.2 Å². The van der Waals surface area contributed by atoms with E-state index in [1.165, 1.54) is 6.42 Å². The predicted molar refractivity (Wildman–Crippen MR) is 170 cm³/mol. The van der Waals surface area contributed by atoms with Crippen molar-refractivity contribution in [2.45, 2.75) is 19.3 Å². The molecule has 0 amide bonds. The van der Waals surface area contributed by atoms with Crippen LogP contribution in [0.2, 0.25) is 5.02 Å². The quantitative estimate of drug-likeness (QED) is 0.124. The molecule has 0 radical (unpaired) electrons. The highest BCUT2D eigenvalue weighted by atomic mass is 35.5. The number of hydrogen-bond donors (Lipinski definition) is 3. The first-order valence-electron chi connectivity index (χ1n) is 14.1. The number of nitrogens with zero attached hydrogens (tertiary/aromatic N) is 5. The fourth-order valence-corrected chi connectivity index (χ4v) is 5.28. The number of nitrogens with one attached hydrogen (secondary N) is 3. The molecule has 3 heterocycles. The van der Waals surface area contributed by atoms with Gasteiger partial charge >= 0.3 is 0 Å². The molecule has 1 saturated heterocycles. The minimum Gasteiger partial charge on any atom is -0.497 e. The van der Waals surface area contributed by atoms with E-state index in [9.17, 15) is 0 Å². The van der Waals surface area contributed by atoms with Crippen LogP contribution in [0.1, 0.15) is 19.3 Å². The number of hydrogen-bond acceptors (Lipinski definition) is 10. The molecular weight excluding hydrogens is 552 g/mol. The minimum atomic E-state index is 0.487. The second kappa shape index (κ2) is 12.5. The Bertz CT molecular complexity index is 1690. The second-order valence-corrected chi connectivity index (χ2v) is 10.5. The summed E-state index contributed by atoms with van der Waals surface area (Å²) in [7, 11) is 3.31. The third-order valence-electron chi connectivity index (χ3n) is 7.26. The number of piperidine rings is 1. The van der Waals surface area contributed by atoms with Gasteiger partial charge in [0.1, 0.15) is 11.5 Å². The smallest absolute Gasteiger partial charge is 0.233 e. The maximum absolute atomic E-state index is 6.29. The molecule has 1 aliphatic heterocycles. The van der Waals surface area contributed by atoms with Crippen molar-refractivity contribution >= 4 is 62.6 Å². The molecule has 0 atom stereocenters. The van der Waals surface area contributed by atoms with Gasteiger partial charge in [0.2, 0.25) is 17.8 Å². The van der Waals surface area contributed by atoms with Gasteiger partial charge in [-0.1, -0.05) is 11.6 Å². The molecule has 0 spiro atoms. The van der Waals surface area contributed by atoms with Gasteiger partial charge in [-0.25, -0.2) is 4.98 Å². The van der Waals surface area contributed by atoms with Crippen LogP contribution in [-0.2, 0) is 0 Å². The van der Waals surface area contributed by atoms with Crippen LogP contribution >= 0.6 is 11.6 Å². The fourth-order valence-electron chi connectivity index (χ4n) is 5.11. The zero-order valence-electron chi connectivity index (χ0n) is 23.7. The Labute approximate surface area is 249 Å². The lowest BCUT2D eigenvalue weighted by Crippen LogP contribution is -2.31. The van der Waals surface area contributed by atoms with Crippen molar-refractivity contribution in [3.05, 3.63) is 65.7 Å². The van der Waals surface area contributed by atoms with E-state index in [0.29, 0.717) is 36.0 Å². The maximum Gasteiger partial charge on any atom is 0.233 e. The van der Waals surface area contributed by atoms with Crippen LogP contribution in [0.4, 0.5) is 29.2 Å². The SMILES string of the molecule is COc1ccc(Nc2nc(NCCNc3c4ccc(Cl)cc4nc4ccc(OC)cc34)nc(N3CCCCC3)n2)cc1. The lowest BCUT2D eigenvalue weighted by atomic mass is 10.1.